The highest BCUT2D eigenvalue weighted by Crippen LogP contribution is 2.23. The molecule has 1 saturated heterocycles. The maximum Gasteiger partial charge on any atom is 0.191 e. The van der Waals surface area contributed by atoms with E-state index in [4.69, 9.17) is 4.74 Å². The Morgan fingerprint density at radius 3 is 2.86 bits per heavy atom. The van der Waals surface area contributed by atoms with Crippen molar-refractivity contribution in [2.75, 3.05) is 19.7 Å². The van der Waals surface area contributed by atoms with E-state index < -0.39 is 0 Å². The van der Waals surface area contributed by atoms with Crippen LogP contribution in [0.25, 0.3) is 0 Å². The molecule has 1 atom stereocenters. The molecule has 1 aromatic rings. The van der Waals surface area contributed by atoms with Crippen LogP contribution in [0, 0.1) is 12.7 Å². The number of guanidine groups is 1. The van der Waals surface area contributed by atoms with Crippen LogP contribution in [0.2, 0.25) is 0 Å². The van der Waals surface area contributed by atoms with E-state index in [9.17, 15) is 4.39 Å². The zero-order chi connectivity index (χ0) is 16.0. The van der Waals surface area contributed by atoms with E-state index in [1.165, 1.54) is 0 Å². The molecule has 2 N–H and O–H groups in total. The summed E-state index contributed by atoms with van der Waals surface area (Å²) in [6.45, 7) is 8.68. The van der Waals surface area contributed by atoms with Gasteiger partial charge in [0.25, 0.3) is 0 Å². The van der Waals surface area contributed by atoms with E-state index in [0.29, 0.717) is 12.1 Å². The Kier molecular flexibility index (Phi) is 5.77. The third-order valence-corrected chi connectivity index (χ3v) is 3.93. The predicted molar refractivity (Wildman–Crippen MR) is 87.5 cm³/mol. The summed E-state index contributed by atoms with van der Waals surface area (Å²) in [6, 6.07) is 5.24. The molecule has 4 nitrogen and oxygen atoms in total. The first kappa shape index (κ1) is 16.7. The average molecular weight is 307 g/mol. The molecule has 0 aromatic heterocycles. The smallest absolute Gasteiger partial charge is 0.191 e. The zero-order valence-electron chi connectivity index (χ0n) is 13.7. The van der Waals surface area contributed by atoms with Gasteiger partial charge in [-0.05, 0) is 50.8 Å². The second-order valence-corrected chi connectivity index (χ2v) is 6.03. The second-order valence-electron chi connectivity index (χ2n) is 6.03. The Bertz CT molecular complexity index is 525. The summed E-state index contributed by atoms with van der Waals surface area (Å²) < 4.78 is 19.3. The molecule has 1 unspecified atom stereocenters. The fourth-order valence-electron chi connectivity index (χ4n) is 2.49. The minimum Gasteiger partial charge on any atom is -0.373 e. The van der Waals surface area contributed by atoms with Crippen molar-refractivity contribution in [3.8, 4) is 0 Å². The van der Waals surface area contributed by atoms with Crippen molar-refractivity contribution in [3.63, 3.8) is 0 Å². The van der Waals surface area contributed by atoms with Gasteiger partial charge in [0.05, 0.1) is 12.1 Å². The normalized spacial score (nSPS) is 21.9. The van der Waals surface area contributed by atoms with Crippen molar-refractivity contribution in [2.24, 2.45) is 4.99 Å². The van der Waals surface area contributed by atoms with Gasteiger partial charge in [0.1, 0.15) is 5.82 Å². The lowest BCUT2D eigenvalue weighted by Crippen LogP contribution is -2.45. The fourth-order valence-corrected chi connectivity index (χ4v) is 2.49. The Balaban J connectivity index is 1.95. The molecule has 0 aliphatic carbocycles. The highest BCUT2D eigenvalue weighted by molar-refractivity contribution is 5.79. The predicted octanol–water partition coefficient (Wildman–Crippen LogP) is 2.76. The third-order valence-electron chi connectivity index (χ3n) is 3.93. The molecule has 0 amide bonds. The van der Waals surface area contributed by atoms with Gasteiger partial charge in [-0.2, -0.15) is 0 Å². The van der Waals surface area contributed by atoms with Crippen LogP contribution in [0.4, 0.5) is 4.39 Å². The van der Waals surface area contributed by atoms with Crippen LogP contribution in [-0.2, 0) is 11.3 Å². The molecule has 0 spiro atoms. The van der Waals surface area contributed by atoms with E-state index in [1.807, 2.05) is 13.0 Å². The zero-order valence-corrected chi connectivity index (χ0v) is 13.7. The van der Waals surface area contributed by atoms with Crippen molar-refractivity contribution in [2.45, 2.75) is 45.8 Å². The van der Waals surface area contributed by atoms with E-state index in [2.05, 4.69) is 22.5 Å². The van der Waals surface area contributed by atoms with Gasteiger partial charge in [0, 0.05) is 19.7 Å². The van der Waals surface area contributed by atoms with Gasteiger partial charge in [-0.25, -0.2) is 9.38 Å². The molecular weight excluding hydrogens is 281 g/mol. The van der Waals surface area contributed by atoms with Gasteiger partial charge in [0.15, 0.2) is 5.96 Å². The van der Waals surface area contributed by atoms with Crippen LogP contribution in [0.1, 0.15) is 37.8 Å². The number of aliphatic imine (C=N–C) groups is 1. The number of nitrogens with zero attached hydrogens (tertiary/aromatic N) is 1. The van der Waals surface area contributed by atoms with Gasteiger partial charge in [-0.15, -0.1) is 0 Å². The first-order valence-electron chi connectivity index (χ1n) is 7.93. The van der Waals surface area contributed by atoms with Crippen molar-refractivity contribution < 1.29 is 9.13 Å². The number of rotatable bonds is 5. The first-order valence-corrected chi connectivity index (χ1v) is 7.93. The summed E-state index contributed by atoms with van der Waals surface area (Å²) in [7, 11) is 0. The van der Waals surface area contributed by atoms with Crippen LogP contribution in [-0.4, -0.2) is 31.3 Å². The van der Waals surface area contributed by atoms with Crippen molar-refractivity contribution in [1.82, 2.24) is 10.6 Å². The quantitative estimate of drug-likeness (QED) is 0.649. The van der Waals surface area contributed by atoms with Crippen LogP contribution >= 0.6 is 0 Å². The first-order chi connectivity index (χ1) is 10.5. The van der Waals surface area contributed by atoms with Gasteiger partial charge >= 0.3 is 0 Å². The van der Waals surface area contributed by atoms with Crippen LogP contribution in [0.15, 0.2) is 23.2 Å². The van der Waals surface area contributed by atoms with Gasteiger partial charge in [0.2, 0.25) is 0 Å². The number of halogens is 1. The summed E-state index contributed by atoms with van der Waals surface area (Å²) >= 11 is 0. The monoisotopic (exact) mass is 307 g/mol. The maximum absolute atomic E-state index is 13.6. The molecule has 2 rings (SSSR count). The molecule has 0 bridgehead atoms. The third kappa shape index (κ3) is 4.70. The fraction of sp³-hybridized carbons (Fsp3) is 0.588. The largest absolute Gasteiger partial charge is 0.373 e. The second kappa shape index (κ2) is 7.58. The molecule has 5 heteroatoms. The van der Waals surface area contributed by atoms with Crippen molar-refractivity contribution in [3.05, 3.63) is 35.1 Å². The summed E-state index contributed by atoms with van der Waals surface area (Å²) in [5.74, 6) is 0.553. The lowest BCUT2D eigenvalue weighted by Gasteiger charge is -2.24. The molecule has 1 aromatic carbocycles. The molecule has 1 aliphatic heterocycles. The van der Waals surface area contributed by atoms with Crippen LogP contribution < -0.4 is 10.6 Å². The number of benzene rings is 1. The van der Waals surface area contributed by atoms with Crippen molar-refractivity contribution >= 4 is 5.96 Å². The topological polar surface area (TPSA) is 45.7 Å². The molecule has 1 aliphatic rings. The Morgan fingerprint density at radius 2 is 2.23 bits per heavy atom. The highest BCUT2D eigenvalue weighted by Gasteiger charge is 2.29. The maximum atomic E-state index is 13.6. The molecule has 0 saturated carbocycles. The average Bonchev–Trinajstić information content (AvgIpc) is 2.93. The summed E-state index contributed by atoms with van der Waals surface area (Å²) in [4.78, 5) is 4.52. The Hall–Kier alpha value is -1.62. The SMILES string of the molecule is CCNC(=NCc1ccc(C)c(F)c1)NCC1(C)CCCO1. The molecule has 0 radical (unpaired) electrons. The highest BCUT2D eigenvalue weighted by atomic mass is 19.1. The molecular formula is C17H26FN3O. The lowest BCUT2D eigenvalue weighted by atomic mass is 10.0. The van der Waals surface area contributed by atoms with Crippen LogP contribution in [0.5, 0.6) is 0 Å². The van der Waals surface area contributed by atoms with E-state index in [-0.39, 0.29) is 11.4 Å². The van der Waals surface area contributed by atoms with Gasteiger partial charge in [-0.3, -0.25) is 0 Å². The van der Waals surface area contributed by atoms with E-state index in [0.717, 1.165) is 44.1 Å². The van der Waals surface area contributed by atoms with E-state index in [1.54, 1.807) is 19.1 Å². The van der Waals surface area contributed by atoms with E-state index >= 15 is 0 Å². The number of ether oxygens (including phenoxy) is 1. The Labute approximate surface area is 132 Å². The molecule has 122 valence electrons. The van der Waals surface area contributed by atoms with Gasteiger partial charge < -0.3 is 15.4 Å². The van der Waals surface area contributed by atoms with Gasteiger partial charge in [-0.1, -0.05) is 12.1 Å². The number of nitrogens with one attached hydrogen (secondary N) is 2. The Morgan fingerprint density at radius 1 is 1.41 bits per heavy atom. The number of aryl methyl sites for hydroxylation is 1. The summed E-state index contributed by atoms with van der Waals surface area (Å²) in [5.41, 5.74) is 1.40. The molecule has 1 heterocycles. The minimum atomic E-state index is -0.183. The number of hydrogen-bond acceptors (Lipinski definition) is 2. The molecule has 1 fully saturated rings. The summed E-state index contributed by atoms with van der Waals surface area (Å²) in [6.07, 6.45) is 2.16. The summed E-state index contributed by atoms with van der Waals surface area (Å²) in [5, 5.41) is 6.53. The number of hydrogen-bond donors (Lipinski definition) is 2. The standard InChI is InChI=1S/C17H26FN3O/c1-4-19-16(21-12-17(3)8-5-9-22-17)20-11-14-7-6-13(2)15(18)10-14/h6-7,10H,4-5,8-9,11-12H2,1-3H3,(H2,19,20,21). The van der Waals surface area contributed by atoms with Crippen LogP contribution in [0.3, 0.4) is 0 Å². The van der Waals surface area contributed by atoms with Crippen molar-refractivity contribution in [1.29, 1.82) is 0 Å². The molecule has 22 heavy (non-hydrogen) atoms. The minimum absolute atomic E-state index is 0.119. The lowest BCUT2D eigenvalue weighted by molar-refractivity contribution is 0.0243.